The lowest BCUT2D eigenvalue weighted by molar-refractivity contribution is 0.198. The quantitative estimate of drug-likeness (QED) is 0.248. The van der Waals surface area contributed by atoms with Gasteiger partial charge < -0.3 is 0 Å². The summed E-state index contributed by atoms with van der Waals surface area (Å²) in [6, 6.07) is -0.435. The van der Waals surface area contributed by atoms with E-state index in [1.54, 1.807) is 0 Å². The molecule has 0 aliphatic rings. The molecule has 0 aromatic carbocycles. The van der Waals surface area contributed by atoms with E-state index in [0.29, 0.717) is 6.54 Å². The van der Waals surface area contributed by atoms with Crippen LogP contribution in [0.4, 0.5) is 4.79 Å². The zero-order chi connectivity index (χ0) is 10.1. The van der Waals surface area contributed by atoms with Gasteiger partial charge in [-0.3, -0.25) is 10.4 Å². The third kappa shape index (κ3) is 6.36. The number of nitrogens with zero attached hydrogens (tertiary/aromatic N) is 1. The van der Waals surface area contributed by atoms with Gasteiger partial charge >= 0.3 is 6.03 Å². The first kappa shape index (κ1) is 12.2. The van der Waals surface area contributed by atoms with Crippen molar-refractivity contribution in [2.24, 2.45) is 11.7 Å². The van der Waals surface area contributed by atoms with Gasteiger partial charge in [0, 0.05) is 6.54 Å². The molecule has 0 heterocycles. The second-order valence-electron chi connectivity index (χ2n) is 3.06. The highest BCUT2D eigenvalue weighted by Crippen LogP contribution is 2.02. The van der Waals surface area contributed by atoms with Gasteiger partial charge in [-0.05, 0) is 6.42 Å². The predicted octanol–water partition coefficient (Wildman–Crippen LogP) is 0.716. The lowest BCUT2D eigenvalue weighted by Gasteiger charge is -2.14. The summed E-state index contributed by atoms with van der Waals surface area (Å²) < 4.78 is 0. The van der Waals surface area contributed by atoms with E-state index in [2.05, 4.69) is 6.92 Å². The zero-order valence-corrected chi connectivity index (χ0v) is 8.25. The summed E-state index contributed by atoms with van der Waals surface area (Å²) in [7, 11) is 0. The molecule has 0 bridgehead atoms. The third-order valence-corrected chi connectivity index (χ3v) is 1.89. The van der Waals surface area contributed by atoms with Crippen molar-refractivity contribution in [2.45, 2.75) is 39.0 Å². The first-order valence-corrected chi connectivity index (χ1v) is 4.75. The minimum atomic E-state index is -0.435. The zero-order valence-electron chi connectivity index (χ0n) is 8.25. The molecule has 0 unspecified atom stereocenters. The summed E-state index contributed by atoms with van der Waals surface area (Å²) in [5.74, 6) is 10.3. The molecule has 5 heteroatoms. The Labute approximate surface area is 79.4 Å². The summed E-state index contributed by atoms with van der Waals surface area (Å²) in [6.45, 7) is 2.73. The molecule has 0 atom stereocenters. The topological polar surface area (TPSA) is 84.4 Å². The van der Waals surface area contributed by atoms with Gasteiger partial charge in [0.1, 0.15) is 0 Å². The maximum absolute atomic E-state index is 10.8. The number of rotatable bonds is 6. The monoisotopic (exact) mass is 188 g/mol. The van der Waals surface area contributed by atoms with Gasteiger partial charge in [-0.25, -0.2) is 16.5 Å². The van der Waals surface area contributed by atoms with Crippen LogP contribution in [0, 0.1) is 0 Å². The fourth-order valence-corrected chi connectivity index (χ4v) is 1.07. The van der Waals surface area contributed by atoms with Crippen molar-refractivity contribution in [3.05, 3.63) is 0 Å². The van der Waals surface area contributed by atoms with Gasteiger partial charge in [0.2, 0.25) is 0 Å². The number of nitrogens with two attached hydrogens (primary N) is 2. The van der Waals surface area contributed by atoms with E-state index >= 15 is 0 Å². The number of nitrogens with one attached hydrogen (secondary N) is 1. The minimum Gasteiger partial charge on any atom is -0.275 e. The van der Waals surface area contributed by atoms with Crippen LogP contribution in [-0.2, 0) is 0 Å². The Morgan fingerprint density at radius 2 is 1.92 bits per heavy atom. The molecule has 0 spiro atoms. The van der Waals surface area contributed by atoms with Crippen molar-refractivity contribution in [3.63, 3.8) is 0 Å². The van der Waals surface area contributed by atoms with Crippen LogP contribution < -0.4 is 17.1 Å². The highest BCUT2D eigenvalue weighted by Gasteiger charge is 2.04. The largest absolute Gasteiger partial charge is 0.345 e. The fraction of sp³-hybridized carbons (Fsp3) is 0.875. The van der Waals surface area contributed by atoms with Gasteiger partial charge in [-0.15, -0.1) is 0 Å². The molecule has 5 nitrogen and oxygen atoms in total. The third-order valence-electron chi connectivity index (χ3n) is 1.89. The molecule has 0 saturated carbocycles. The van der Waals surface area contributed by atoms with Crippen molar-refractivity contribution >= 4 is 6.03 Å². The van der Waals surface area contributed by atoms with Crippen LogP contribution in [-0.4, -0.2) is 17.6 Å². The smallest absolute Gasteiger partial charge is 0.275 e. The second-order valence-corrected chi connectivity index (χ2v) is 3.06. The highest BCUT2D eigenvalue weighted by molar-refractivity contribution is 5.72. The number of unbranched alkanes of at least 4 members (excludes halogenated alkanes) is 4. The van der Waals surface area contributed by atoms with E-state index in [4.69, 9.17) is 11.7 Å². The molecule has 0 rings (SSSR count). The Balaban J connectivity index is 3.26. The van der Waals surface area contributed by atoms with E-state index in [-0.39, 0.29) is 0 Å². The molecule has 0 aromatic rings. The lowest BCUT2D eigenvalue weighted by Crippen LogP contribution is -2.47. The van der Waals surface area contributed by atoms with E-state index in [1.807, 2.05) is 5.43 Å². The molecule has 0 aliphatic heterocycles. The molecule has 2 amide bonds. The Hall–Kier alpha value is -0.810. The van der Waals surface area contributed by atoms with Crippen LogP contribution in [0.3, 0.4) is 0 Å². The van der Waals surface area contributed by atoms with E-state index in [1.165, 1.54) is 19.3 Å². The molecule has 13 heavy (non-hydrogen) atoms. The highest BCUT2D eigenvalue weighted by atomic mass is 16.2. The molecular formula is C8H20N4O. The average molecular weight is 188 g/mol. The summed E-state index contributed by atoms with van der Waals surface area (Å²) >= 11 is 0. The number of hydrazine groups is 2. The first-order valence-electron chi connectivity index (χ1n) is 4.75. The molecule has 0 radical (unpaired) electrons. The number of carbonyl (C=O) groups is 1. The lowest BCUT2D eigenvalue weighted by atomic mass is 10.1. The van der Waals surface area contributed by atoms with Crippen LogP contribution in [0.5, 0.6) is 0 Å². The van der Waals surface area contributed by atoms with Crippen LogP contribution in [0.25, 0.3) is 0 Å². The molecule has 0 saturated heterocycles. The summed E-state index contributed by atoms with van der Waals surface area (Å²) in [4.78, 5) is 10.8. The number of carbonyl (C=O) groups excluding carboxylic acids is 1. The molecule has 78 valence electrons. The van der Waals surface area contributed by atoms with Crippen LogP contribution in [0.2, 0.25) is 0 Å². The minimum absolute atomic E-state index is 0.435. The predicted molar refractivity (Wildman–Crippen MR) is 52.4 cm³/mol. The molecule has 5 N–H and O–H groups in total. The van der Waals surface area contributed by atoms with E-state index < -0.39 is 6.03 Å². The van der Waals surface area contributed by atoms with Crippen LogP contribution in [0.15, 0.2) is 0 Å². The number of urea groups is 1. The first-order chi connectivity index (χ1) is 6.22. The normalized spacial score (nSPS) is 9.77. The number of amides is 2. The Morgan fingerprint density at radius 3 is 2.46 bits per heavy atom. The molecule has 0 fully saturated rings. The van der Waals surface area contributed by atoms with Crippen molar-refractivity contribution in [3.8, 4) is 0 Å². The van der Waals surface area contributed by atoms with Crippen LogP contribution in [0.1, 0.15) is 39.0 Å². The SMILES string of the molecule is CCCCCCCN(N)C(=O)NN. The maximum atomic E-state index is 10.8. The van der Waals surface area contributed by atoms with E-state index in [9.17, 15) is 4.79 Å². The summed E-state index contributed by atoms with van der Waals surface area (Å²) in [5, 5.41) is 1.10. The van der Waals surface area contributed by atoms with Crippen molar-refractivity contribution < 1.29 is 4.79 Å². The Kier molecular flexibility index (Phi) is 7.33. The molecule has 0 aliphatic carbocycles. The maximum Gasteiger partial charge on any atom is 0.345 e. The van der Waals surface area contributed by atoms with Gasteiger partial charge in [-0.1, -0.05) is 32.6 Å². The van der Waals surface area contributed by atoms with Gasteiger partial charge in [0.05, 0.1) is 0 Å². The number of hydrogen-bond donors (Lipinski definition) is 3. The fourth-order valence-electron chi connectivity index (χ4n) is 1.07. The standard InChI is InChI=1S/C8H20N4O/c1-2-3-4-5-6-7-12(10)8(13)11-9/h2-7,9-10H2,1H3,(H,11,13). The summed E-state index contributed by atoms with van der Waals surface area (Å²) in [6.07, 6.45) is 5.71. The van der Waals surface area contributed by atoms with Crippen molar-refractivity contribution in [1.82, 2.24) is 10.4 Å². The summed E-state index contributed by atoms with van der Waals surface area (Å²) in [5.41, 5.74) is 1.98. The van der Waals surface area contributed by atoms with Gasteiger partial charge in [0.25, 0.3) is 0 Å². The second kappa shape index (κ2) is 7.82. The Bertz CT molecular complexity index is 140. The number of hydrogen-bond acceptors (Lipinski definition) is 3. The van der Waals surface area contributed by atoms with Crippen LogP contribution >= 0.6 is 0 Å². The van der Waals surface area contributed by atoms with E-state index in [0.717, 1.165) is 17.9 Å². The molecule has 0 aromatic heterocycles. The molecular weight excluding hydrogens is 168 g/mol. The average Bonchev–Trinajstić information content (AvgIpc) is 2.16. The van der Waals surface area contributed by atoms with Gasteiger partial charge in [0.15, 0.2) is 0 Å². The Morgan fingerprint density at radius 1 is 1.31 bits per heavy atom. The van der Waals surface area contributed by atoms with Gasteiger partial charge in [-0.2, -0.15) is 0 Å². The van der Waals surface area contributed by atoms with Crippen molar-refractivity contribution in [1.29, 1.82) is 0 Å². The van der Waals surface area contributed by atoms with Crippen molar-refractivity contribution in [2.75, 3.05) is 6.54 Å².